The summed E-state index contributed by atoms with van der Waals surface area (Å²) in [6, 6.07) is 36.9. The van der Waals surface area contributed by atoms with Crippen molar-refractivity contribution in [3.63, 3.8) is 0 Å². The van der Waals surface area contributed by atoms with Gasteiger partial charge in [-0.15, -0.1) is 0 Å². The van der Waals surface area contributed by atoms with E-state index in [0.29, 0.717) is 30.5 Å². The molecule has 0 bridgehead atoms. The molecule has 12 heteroatoms. The number of epoxide rings is 1. The van der Waals surface area contributed by atoms with E-state index < -0.39 is 16.9 Å². The lowest BCUT2D eigenvalue weighted by Gasteiger charge is -2.41. The molecule has 1 N–H and O–H groups in total. The van der Waals surface area contributed by atoms with E-state index in [2.05, 4.69) is 17.0 Å². The molecule has 41 heavy (non-hydrogen) atoms. The first-order valence-corrected chi connectivity index (χ1v) is 16.5. The molecule has 2 heterocycles. The second kappa shape index (κ2) is 14.4. The predicted molar refractivity (Wildman–Crippen MR) is 162 cm³/mol. The number of ether oxygens (including phenoxy) is 2. The lowest BCUT2D eigenvalue weighted by atomic mass is 10.1. The molecule has 4 unspecified atom stereocenters. The average Bonchev–Trinajstić information content (AvgIpc) is 3.85. The molecule has 2 aliphatic heterocycles. The zero-order valence-electron chi connectivity index (χ0n) is 22.1. The fraction of sp³-hybridized carbons (Fsp3) is 0.172. The van der Waals surface area contributed by atoms with Crippen LogP contribution in [0.4, 0.5) is 0 Å². The lowest BCUT2D eigenvalue weighted by Crippen LogP contribution is -2.37. The van der Waals surface area contributed by atoms with E-state index in [-0.39, 0.29) is 15.0 Å². The van der Waals surface area contributed by atoms with Gasteiger partial charge in [0.1, 0.15) is 29.1 Å². The Hall–Kier alpha value is -2.83. The Balaban J connectivity index is 1.21. The smallest absolute Gasteiger partial charge is 0.332 e. The third-order valence-electron chi connectivity index (χ3n) is 5.85. The summed E-state index contributed by atoms with van der Waals surface area (Å²) in [5.74, 6) is 2.77. The van der Waals surface area contributed by atoms with Gasteiger partial charge in [0.25, 0.3) is 8.45 Å². The molecule has 2 saturated heterocycles. The number of hydrogen-bond donors (Lipinski definition) is 1. The molecule has 0 spiro atoms. The Morgan fingerprint density at radius 3 is 1.95 bits per heavy atom. The monoisotopic (exact) mass is 609 g/mol. The van der Waals surface area contributed by atoms with Crippen molar-refractivity contribution in [3.8, 4) is 23.0 Å². The first kappa shape index (κ1) is 28.3. The Bertz CT molecular complexity index is 1340. The molecule has 0 radical (unpaired) electrons. The Morgan fingerprint density at radius 1 is 0.732 bits per heavy atom. The molecule has 0 aliphatic carbocycles. The van der Waals surface area contributed by atoms with Crippen molar-refractivity contribution >= 4 is 25.8 Å². The molecule has 6 rings (SSSR count). The maximum absolute atomic E-state index is 6.54. The first-order valence-electron chi connectivity index (χ1n) is 13.2. The van der Waals surface area contributed by atoms with Gasteiger partial charge in [0.2, 0.25) is 0 Å². The van der Waals surface area contributed by atoms with Gasteiger partial charge >= 0.3 is 8.45 Å². The number of benzene rings is 4. The minimum Gasteiger partial charge on any atom is -0.442 e. The van der Waals surface area contributed by atoms with Crippen molar-refractivity contribution < 1.29 is 28.2 Å². The van der Waals surface area contributed by atoms with Gasteiger partial charge in [-0.25, -0.2) is 4.86 Å². The predicted octanol–water partition coefficient (Wildman–Crippen LogP) is 7.26. The zero-order valence-corrected chi connectivity index (χ0v) is 24.9. The number of hydrogen-bond acceptors (Lipinski definition) is 9. The second-order valence-electron chi connectivity index (χ2n) is 9.00. The summed E-state index contributed by atoms with van der Waals surface area (Å²) >= 11 is 0. The molecule has 0 aromatic heterocycles. The van der Waals surface area contributed by atoms with Gasteiger partial charge in [0.05, 0.1) is 28.7 Å². The number of para-hydroxylation sites is 3. The minimum absolute atomic E-state index is 0.0496. The summed E-state index contributed by atoms with van der Waals surface area (Å²) in [5, 5.41) is 0. The zero-order chi connectivity index (χ0) is 27.7. The summed E-state index contributed by atoms with van der Waals surface area (Å²) in [6.45, 7) is 2.13. The maximum Gasteiger partial charge on any atom is 0.332 e. The topological polar surface area (TPSA) is 77.2 Å². The van der Waals surface area contributed by atoms with E-state index in [9.17, 15) is 0 Å². The minimum atomic E-state index is -1.63. The van der Waals surface area contributed by atoms with Crippen LogP contribution < -0.4 is 23.6 Å². The SMILES string of the molecule is c1ccc(ON2PNP(Oc3ccc(CCOCC4CO4)cc3)N(Oc3ccccc3)P2Oc2ccccc2)cc1. The normalized spacial score (nSPS) is 21.3. The summed E-state index contributed by atoms with van der Waals surface area (Å²) in [7, 11) is -3.05. The van der Waals surface area contributed by atoms with Crippen LogP contribution in [-0.4, -0.2) is 35.1 Å². The molecular formula is C29H30N3O6P3. The summed E-state index contributed by atoms with van der Waals surface area (Å²) in [4.78, 5) is 16.2. The van der Waals surface area contributed by atoms with E-state index in [4.69, 9.17) is 28.2 Å². The van der Waals surface area contributed by atoms with Crippen LogP contribution >= 0.6 is 25.8 Å². The summed E-state index contributed by atoms with van der Waals surface area (Å²) < 4.78 is 27.4. The van der Waals surface area contributed by atoms with Gasteiger partial charge in [-0.1, -0.05) is 66.7 Å². The molecule has 4 atom stereocenters. The Labute approximate surface area is 243 Å². The maximum atomic E-state index is 6.54. The van der Waals surface area contributed by atoms with Gasteiger partial charge in [0, 0.05) is 4.60 Å². The summed E-state index contributed by atoms with van der Waals surface area (Å²) in [6.07, 6.45) is 1.11. The van der Waals surface area contributed by atoms with Crippen LogP contribution in [0.5, 0.6) is 23.0 Å². The van der Waals surface area contributed by atoms with Crippen LogP contribution in [0.15, 0.2) is 115 Å². The van der Waals surface area contributed by atoms with E-state index in [1.807, 2.05) is 103 Å². The van der Waals surface area contributed by atoms with E-state index >= 15 is 0 Å². The third kappa shape index (κ3) is 8.36. The van der Waals surface area contributed by atoms with Crippen LogP contribution in [0.2, 0.25) is 0 Å². The van der Waals surface area contributed by atoms with Gasteiger partial charge in [0.15, 0.2) is 0 Å². The molecule has 9 nitrogen and oxygen atoms in total. The van der Waals surface area contributed by atoms with Crippen molar-refractivity contribution in [1.82, 2.24) is 14.1 Å². The largest absolute Gasteiger partial charge is 0.442 e. The highest BCUT2D eigenvalue weighted by Crippen LogP contribution is 2.65. The molecule has 2 aliphatic rings. The van der Waals surface area contributed by atoms with Gasteiger partial charge in [-0.2, -0.15) is 0 Å². The molecule has 4 aromatic carbocycles. The van der Waals surface area contributed by atoms with Crippen molar-refractivity contribution in [1.29, 1.82) is 0 Å². The van der Waals surface area contributed by atoms with E-state index in [1.54, 1.807) is 9.21 Å². The fourth-order valence-electron chi connectivity index (χ4n) is 3.69. The highest BCUT2D eigenvalue weighted by Gasteiger charge is 2.46. The summed E-state index contributed by atoms with van der Waals surface area (Å²) in [5.41, 5.74) is 1.18. The Morgan fingerprint density at radius 2 is 1.32 bits per heavy atom. The van der Waals surface area contributed by atoms with E-state index in [0.717, 1.165) is 18.8 Å². The number of nitrogens with one attached hydrogen (secondary N) is 1. The molecule has 0 saturated carbocycles. The van der Waals surface area contributed by atoms with Crippen molar-refractivity contribution in [2.24, 2.45) is 0 Å². The van der Waals surface area contributed by atoms with Crippen LogP contribution in [-0.2, 0) is 15.9 Å². The van der Waals surface area contributed by atoms with Crippen LogP contribution in [0.25, 0.3) is 0 Å². The van der Waals surface area contributed by atoms with Crippen LogP contribution in [0, 0.1) is 0 Å². The standard InChI is InChI=1S/C29H30N3O6P3/c1-4-10-25(11-5-1)35-31-39-30-40(37-28-18-16-24(17-19-28)20-21-33-22-29-23-34-29)32(36-26-12-6-2-7-13-26)41(31)38-27-14-8-3-9-15-27/h1-19,29-30,39H,20-23H2. The van der Waals surface area contributed by atoms with Crippen LogP contribution in [0.3, 0.4) is 0 Å². The number of nitrogens with zero attached hydrogens (tertiary/aromatic N) is 2. The van der Waals surface area contributed by atoms with Gasteiger partial charge in [-0.3, -0.25) is 0 Å². The molecule has 0 amide bonds. The second-order valence-corrected chi connectivity index (χ2v) is 13.7. The Kier molecular flexibility index (Phi) is 9.92. The highest BCUT2D eigenvalue weighted by molar-refractivity contribution is 7.74. The molecule has 2 fully saturated rings. The molecule has 4 aromatic rings. The third-order valence-corrected chi connectivity index (χ3v) is 11.0. The van der Waals surface area contributed by atoms with E-state index in [1.165, 1.54) is 5.56 Å². The quantitative estimate of drug-likeness (QED) is 0.0958. The van der Waals surface area contributed by atoms with Crippen LogP contribution in [0.1, 0.15) is 5.56 Å². The van der Waals surface area contributed by atoms with Crippen molar-refractivity contribution in [2.75, 3.05) is 19.8 Å². The van der Waals surface area contributed by atoms with Gasteiger partial charge in [-0.05, 0) is 65.1 Å². The average molecular weight is 609 g/mol. The molecule has 212 valence electrons. The van der Waals surface area contributed by atoms with Crippen molar-refractivity contribution in [3.05, 3.63) is 121 Å². The van der Waals surface area contributed by atoms with Gasteiger partial charge < -0.3 is 28.2 Å². The fourth-order valence-corrected chi connectivity index (χ4v) is 9.26. The highest BCUT2D eigenvalue weighted by atomic mass is 31.3. The molecular weight excluding hydrogens is 579 g/mol. The number of rotatable bonds is 13. The first-order chi connectivity index (χ1) is 20.3. The van der Waals surface area contributed by atoms with Crippen molar-refractivity contribution in [2.45, 2.75) is 12.5 Å². The lowest BCUT2D eigenvalue weighted by molar-refractivity contribution is 0.0676.